The van der Waals surface area contributed by atoms with E-state index in [4.69, 9.17) is 4.74 Å². The highest BCUT2D eigenvalue weighted by Gasteiger charge is 2.31. The first-order valence-electron chi connectivity index (χ1n) is 8.70. The second-order valence-electron chi connectivity index (χ2n) is 7.22. The standard InChI is InChI=1S/C20H29NO2/c1-4-5-14-23-18-9-6-16(7-10-18)8-11-19(22)21-17-12-13-20(2,3)15-17/h6-11,17H,4-5,12-15H2,1-3H3,(H,21,22). The molecule has 1 aromatic rings. The fraction of sp³-hybridized carbons (Fsp3) is 0.550. The number of benzene rings is 1. The summed E-state index contributed by atoms with van der Waals surface area (Å²) in [5.41, 5.74) is 1.37. The average Bonchev–Trinajstić information content (AvgIpc) is 2.85. The van der Waals surface area contributed by atoms with Crippen molar-refractivity contribution in [1.29, 1.82) is 0 Å². The summed E-state index contributed by atoms with van der Waals surface area (Å²) in [6.45, 7) is 7.43. The first-order chi connectivity index (χ1) is 11.0. The number of amides is 1. The molecule has 23 heavy (non-hydrogen) atoms. The highest BCUT2D eigenvalue weighted by atomic mass is 16.5. The largest absolute Gasteiger partial charge is 0.494 e. The highest BCUT2D eigenvalue weighted by Crippen LogP contribution is 2.36. The Labute approximate surface area is 140 Å². The molecule has 0 saturated heterocycles. The van der Waals surface area contributed by atoms with Gasteiger partial charge in [-0.05, 0) is 54.9 Å². The molecule has 0 bridgehead atoms. The molecule has 0 radical (unpaired) electrons. The Balaban J connectivity index is 1.79. The van der Waals surface area contributed by atoms with Gasteiger partial charge in [-0.15, -0.1) is 0 Å². The smallest absolute Gasteiger partial charge is 0.244 e. The minimum Gasteiger partial charge on any atom is -0.494 e. The Morgan fingerprint density at radius 2 is 2.09 bits per heavy atom. The van der Waals surface area contributed by atoms with Gasteiger partial charge >= 0.3 is 0 Å². The van der Waals surface area contributed by atoms with Crippen LogP contribution in [0.5, 0.6) is 5.75 Å². The minimum absolute atomic E-state index is 0.00373. The molecule has 3 nitrogen and oxygen atoms in total. The molecule has 3 heteroatoms. The van der Waals surface area contributed by atoms with Gasteiger partial charge in [-0.2, -0.15) is 0 Å². The molecular formula is C20H29NO2. The van der Waals surface area contributed by atoms with Gasteiger partial charge in [0.2, 0.25) is 5.91 Å². The van der Waals surface area contributed by atoms with E-state index in [1.54, 1.807) is 6.08 Å². The van der Waals surface area contributed by atoms with Crippen molar-refractivity contribution in [3.8, 4) is 5.75 Å². The van der Waals surface area contributed by atoms with E-state index >= 15 is 0 Å². The number of hydrogen-bond acceptors (Lipinski definition) is 2. The van der Waals surface area contributed by atoms with Crippen LogP contribution in [0.4, 0.5) is 0 Å². The Hall–Kier alpha value is -1.77. The third-order valence-electron chi connectivity index (χ3n) is 4.39. The molecule has 1 aromatic carbocycles. The van der Waals surface area contributed by atoms with E-state index in [1.807, 2.05) is 30.3 Å². The van der Waals surface area contributed by atoms with Gasteiger partial charge in [0.1, 0.15) is 5.75 Å². The lowest BCUT2D eigenvalue weighted by Crippen LogP contribution is -2.32. The van der Waals surface area contributed by atoms with Crippen LogP contribution in [0.25, 0.3) is 6.08 Å². The van der Waals surface area contributed by atoms with Gasteiger partial charge in [-0.1, -0.05) is 39.3 Å². The van der Waals surface area contributed by atoms with Crippen molar-refractivity contribution in [2.24, 2.45) is 5.41 Å². The van der Waals surface area contributed by atoms with E-state index in [0.29, 0.717) is 11.5 Å². The third-order valence-corrected chi connectivity index (χ3v) is 4.39. The van der Waals surface area contributed by atoms with E-state index in [0.717, 1.165) is 43.6 Å². The lowest BCUT2D eigenvalue weighted by molar-refractivity contribution is -0.117. The van der Waals surface area contributed by atoms with E-state index < -0.39 is 0 Å². The van der Waals surface area contributed by atoms with Crippen LogP contribution in [0, 0.1) is 5.41 Å². The molecule has 1 amide bonds. The highest BCUT2D eigenvalue weighted by molar-refractivity contribution is 5.91. The lowest BCUT2D eigenvalue weighted by Gasteiger charge is -2.17. The summed E-state index contributed by atoms with van der Waals surface area (Å²) < 4.78 is 5.63. The Morgan fingerprint density at radius 1 is 1.35 bits per heavy atom. The summed E-state index contributed by atoms with van der Waals surface area (Å²) in [6.07, 6.45) is 9.01. The van der Waals surface area contributed by atoms with Gasteiger partial charge in [0.25, 0.3) is 0 Å². The van der Waals surface area contributed by atoms with Crippen LogP contribution < -0.4 is 10.1 Å². The summed E-state index contributed by atoms with van der Waals surface area (Å²) in [6, 6.07) is 8.17. The molecule has 0 spiro atoms. The number of carbonyl (C=O) groups is 1. The van der Waals surface area contributed by atoms with Crippen molar-refractivity contribution in [2.75, 3.05) is 6.61 Å². The van der Waals surface area contributed by atoms with E-state index in [2.05, 4.69) is 26.1 Å². The monoisotopic (exact) mass is 315 g/mol. The maximum atomic E-state index is 12.0. The van der Waals surface area contributed by atoms with Gasteiger partial charge in [0, 0.05) is 12.1 Å². The molecule has 1 fully saturated rings. The molecule has 2 rings (SSSR count). The number of hydrogen-bond donors (Lipinski definition) is 1. The normalized spacial score (nSPS) is 19.9. The first kappa shape index (κ1) is 17.6. The minimum atomic E-state index is -0.00373. The van der Waals surface area contributed by atoms with Crippen molar-refractivity contribution >= 4 is 12.0 Å². The quantitative estimate of drug-likeness (QED) is 0.591. The molecule has 0 aliphatic heterocycles. The van der Waals surface area contributed by atoms with E-state index in [9.17, 15) is 4.79 Å². The van der Waals surface area contributed by atoms with Crippen LogP contribution in [0.2, 0.25) is 0 Å². The topological polar surface area (TPSA) is 38.3 Å². The molecule has 1 saturated carbocycles. The molecule has 1 N–H and O–H groups in total. The molecule has 1 aliphatic carbocycles. The maximum absolute atomic E-state index is 12.0. The SMILES string of the molecule is CCCCOc1ccc(C=CC(=O)NC2CCC(C)(C)C2)cc1. The first-order valence-corrected chi connectivity index (χ1v) is 8.70. The summed E-state index contributed by atoms with van der Waals surface area (Å²) in [5.74, 6) is 0.879. The molecule has 1 unspecified atom stereocenters. The van der Waals surface area contributed by atoms with Crippen molar-refractivity contribution in [3.63, 3.8) is 0 Å². The van der Waals surface area contributed by atoms with Crippen LogP contribution in [0.3, 0.4) is 0 Å². The fourth-order valence-electron chi connectivity index (χ4n) is 2.99. The second kappa shape index (κ2) is 8.19. The van der Waals surface area contributed by atoms with Gasteiger partial charge in [0.15, 0.2) is 0 Å². The van der Waals surface area contributed by atoms with Gasteiger partial charge < -0.3 is 10.1 Å². The number of rotatable bonds is 7. The zero-order chi connectivity index (χ0) is 16.7. The van der Waals surface area contributed by atoms with Crippen molar-refractivity contribution in [2.45, 2.75) is 58.9 Å². The number of nitrogens with one attached hydrogen (secondary N) is 1. The van der Waals surface area contributed by atoms with Crippen LogP contribution in [0.15, 0.2) is 30.3 Å². The fourth-order valence-corrected chi connectivity index (χ4v) is 2.99. The Kier molecular flexibility index (Phi) is 6.26. The third kappa shape index (κ3) is 6.09. The van der Waals surface area contributed by atoms with Crippen LogP contribution in [-0.4, -0.2) is 18.6 Å². The van der Waals surface area contributed by atoms with Crippen molar-refractivity contribution in [3.05, 3.63) is 35.9 Å². The molecular weight excluding hydrogens is 286 g/mol. The Bertz CT molecular complexity index is 531. The number of carbonyl (C=O) groups excluding carboxylic acids is 1. The van der Waals surface area contributed by atoms with Crippen LogP contribution in [0.1, 0.15) is 58.4 Å². The Morgan fingerprint density at radius 3 is 2.70 bits per heavy atom. The lowest BCUT2D eigenvalue weighted by atomic mass is 9.92. The average molecular weight is 315 g/mol. The van der Waals surface area contributed by atoms with Gasteiger partial charge in [-0.25, -0.2) is 0 Å². The molecule has 1 aliphatic rings. The van der Waals surface area contributed by atoms with E-state index in [-0.39, 0.29) is 5.91 Å². The summed E-state index contributed by atoms with van der Waals surface area (Å²) in [4.78, 5) is 12.0. The van der Waals surface area contributed by atoms with Crippen molar-refractivity contribution in [1.82, 2.24) is 5.32 Å². The zero-order valence-corrected chi connectivity index (χ0v) is 14.6. The number of ether oxygens (including phenoxy) is 1. The summed E-state index contributed by atoms with van der Waals surface area (Å²) in [7, 11) is 0. The predicted octanol–water partition coefficient (Wildman–Crippen LogP) is 4.57. The molecule has 126 valence electrons. The molecule has 0 aromatic heterocycles. The molecule has 1 atom stereocenters. The summed E-state index contributed by atoms with van der Waals surface area (Å²) in [5, 5.41) is 3.10. The van der Waals surface area contributed by atoms with Gasteiger partial charge in [0.05, 0.1) is 6.61 Å². The predicted molar refractivity (Wildman–Crippen MR) is 95.4 cm³/mol. The van der Waals surface area contributed by atoms with Gasteiger partial charge in [-0.3, -0.25) is 4.79 Å². The maximum Gasteiger partial charge on any atom is 0.244 e. The number of unbranched alkanes of at least 4 members (excludes halogenated alkanes) is 1. The zero-order valence-electron chi connectivity index (χ0n) is 14.6. The van der Waals surface area contributed by atoms with Crippen LogP contribution in [-0.2, 0) is 4.79 Å². The summed E-state index contributed by atoms with van der Waals surface area (Å²) >= 11 is 0. The van der Waals surface area contributed by atoms with Crippen LogP contribution >= 0.6 is 0 Å². The van der Waals surface area contributed by atoms with Crippen molar-refractivity contribution < 1.29 is 9.53 Å². The molecule has 0 heterocycles. The van der Waals surface area contributed by atoms with E-state index in [1.165, 1.54) is 6.42 Å². The second-order valence-corrected chi connectivity index (χ2v) is 7.22.